The maximum atomic E-state index is 14.0. The Balaban J connectivity index is 2.43. The van der Waals surface area contributed by atoms with Gasteiger partial charge in [-0.2, -0.15) is 13.2 Å². The summed E-state index contributed by atoms with van der Waals surface area (Å²) in [7, 11) is -4.54. The van der Waals surface area contributed by atoms with Gasteiger partial charge in [0.15, 0.2) is 0 Å². The van der Waals surface area contributed by atoms with E-state index in [2.05, 4.69) is 4.74 Å². The zero-order valence-corrected chi connectivity index (χ0v) is 17.3. The standard InChI is InChI=1S/C19H20F3N3O5S/c1-3-30-17(27)18(19(20,21)22,23-16(26)14-7-5-4-6-8-14)24-25-31(28,29)15-11-9-13(2)10-12-15/h4-12,24-25H,3H2,1-2H3,(H,23,26)/t18-/m1/s1. The van der Waals surface area contributed by atoms with Crippen LogP contribution in [0.3, 0.4) is 0 Å². The van der Waals surface area contributed by atoms with Crippen molar-refractivity contribution in [1.29, 1.82) is 0 Å². The Labute approximate surface area is 176 Å². The average Bonchev–Trinajstić information content (AvgIpc) is 2.71. The molecule has 0 aliphatic heterocycles. The Kier molecular flexibility index (Phi) is 7.41. The molecule has 0 aliphatic rings. The number of aryl methyl sites for hydroxylation is 1. The molecular weight excluding hydrogens is 439 g/mol. The number of hydrogen-bond donors (Lipinski definition) is 3. The number of benzene rings is 2. The van der Waals surface area contributed by atoms with Crippen LogP contribution in [-0.4, -0.2) is 38.7 Å². The minimum Gasteiger partial charge on any atom is -0.463 e. The number of esters is 1. The van der Waals surface area contributed by atoms with E-state index in [0.717, 1.165) is 5.56 Å². The predicted molar refractivity (Wildman–Crippen MR) is 104 cm³/mol. The molecule has 0 saturated heterocycles. The van der Waals surface area contributed by atoms with E-state index in [4.69, 9.17) is 0 Å². The first-order chi connectivity index (χ1) is 14.4. The molecule has 0 heterocycles. The highest BCUT2D eigenvalue weighted by molar-refractivity contribution is 7.89. The molecule has 2 rings (SSSR count). The van der Waals surface area contributed by atoms with Crippen LogP contribution >= 0.6 is 0 Å². The molecule has 0 radical (unpaired) electrons. The molecule has 2 aromatic carbocycles. The normalized spacial score (nSPS) is 13.8. The van der Waals surface area contributed by atoms with Crippen LogP contribution in [0.15, 0.2) is 59.5 Å². The van der Waals surface area contributed by atoms with E-state index in [-0.39, 0.29) is 10.5 Å². The first kappa shape index (κ1) is 24.3. The molecule has 0 aliphatic carbocycles. The molecule has 1 atom stereocenters. The minimum absolute atomic E-state index is 0.191. The second kappa shape index (κ2) is 9.45. The Morgan fingerprint density at radius 3 is 2.10 bits per heavy atom. The molecule has 0 saturated carbocycles. The maximum Gasteiger partial charge on any atom is 0.437 e. The number of nitrogens with one attached hydrogen (secondary N) is 3. The Hall–Kier alpha value is -2.96. The van der Waals surface area contributed by atoms with Gasteiger partial charge in [0, 0.05) is 5.56 Å². The van der Waals surface area contributed by atoms with Crippen molar-refractivity contribution in [3.8, 4) is 0 Å². The van der Waals surface area contributed by atoms with E-state index in [0.29, 0.717) is 0 Å². The van der Waals surface area contributed by atoms with Crippen molar-refractivity contribution in [3.63, 3.8) is 0 Å². The number of hydrogen-bond acceptors (Lipinski definition) is 6. The highest BCUT2D eigenvalue weighted by Gasteiger charge is 2.64. The second-order valence-electron chi connectivity index (χ2n) is 6.33. The number of ether oxygens (including phenoxy) is 1. The lowest BCUT2D eigenvalue weighted by molar-refractivity contribution is -0.219. The van der Waals surface area contributed by atoms with Crippen LogP contribution in [0.4, 0.5) is 13.2 Å². The van der Waals surface area contributed by atoms with E-state index < -0.39 is 40.3 Å². The van der Waals surface area contributed by atoms with Crippen molar-refractivity contribution in [2.24, 2.45) is 0 Å². The molecule has 0 fully saturated rings. The van der Waals surface area contributed by atoms with Crippen LogP contribution in [0.25, 0.3) is 0 Å². The molecule has 0 aromatic heterocycles. The zero-order chi connectivity index (χ0) is 23.3. The Morgan fingerprint density at radius 1 is 1.00 bits per heavy atom. The summed E-state index contributed by atoms with van der Waals surface area (Å²) < 4.78 is 71.5. The van der Waals surface area contributed by atoms with Crippen LogP contribution in [0.2, 0.25) is 0 Å². The number of amides is 1. The molecule has 2 aromatic rings. The van der Waals surface area contributed by atoms with E-state index in [9.17, 15) is 31.2 Å². The Morgan fingerprint density at radius 2 is 1.58 bits per heavy atom. The van der Waals surface area contributed by atoms with Crippen LogP contribution < -0.4 is 15.6 Å². The van der Waals surface area contributed by atoms with Crippen LogP contribution in [0.5, 0.6) is 0 Å². The molecule has 0 bridgehead atoms. The zero-order valence-electron chi connectivity index (χ0n) is 16.5. The fourth-order valence-corrected chi connectivity index (χ4v) is 3.28. The summed E-state index contributed by atoms with van der Waals surface area (Å²) in [6.45, 7) is 2.50. The van der Waals surface area contributed by atoms with E-state index in [1.807, 2.05) is 0 Å². The summed E-state index contributed by atoms with van der Waals surface area (Å²) in [6, 6.07) is 12.0. The molecule has 12 heteroatoms. The van der Waals surface area contributed by atoms with Gasteiger partial charge >= 0.3 is 17.8 Å². The third-order valence-electron chi connectivity index (χ3n) is 4.05. The summed E-state index contributed by atoms with van der Waals surface area (Å²) in [5.41, 5.74) is -1.92. The lowest BCUT2D eigenvalue weighted by atomic mass is 10.1. The highest BCUT2D eigenvalue weighted by atomic mass is 32.2. The SMILES string of the molecule is CCOC(=O)[C@](NNS(=O)(=O)c1ccc(C)cc1)(NC(=O)c1ccccc1)C(F)(F)F. The van der Waals surface area contributed by atoms with Crippen molar-refractivity contribution in [2.75, 3.05) is 6.61 Å². The van der Waals surface area contributed by atoms with Crippen LogP contribution in [-0.2, 0) is 19.6 Å². The number of halogens is 3. The molecule has 0 unspecified atom stereocenters. The Bertz CT molecular complexity index is 1030. The molecule has 1 amide bonds. The minimum atomic E-state index is -5.49. The quantitative estimate of drug-likeness (QED) is 0.316. The molecule has 31 heavy (non-hydrogen) atoms. The third-order valence-corrected chi connectivity index (χ3v) is 5.31. The van der Waals surface area contributed by atoms with E-state index >= 15 is 0 Å². The van der Waals surface area contributed by atoms with Gasteiger partial charge in [-0.25, -0.2) is 18.6 Å². The highest BCUT2D eigenvalue weighted by Crippen LogP contribution is 2.30. The van der Waals surface area contributed by atoms with Gasteiger partial charge < -0.3 is 10.1 Å². The fraction of sp³-hybridized carbons (Fsp3) is 0.263. The van der Waals surface area contributed by atoms with Gasteiger partial charge in [-0.15, -0.1) is 4.83 Å². The number of hydrazine groups is 1. The summed E-state index contributed by atoms with van der Waals surface area (Å²) in [4.78, 5) is 25.9. The van der Waals surface area contributed by atoms with Crippen molar-refractivity contribution < 1.29 is 35.9 Å². The lowest BCUT2D eigenvalue weighted by Gasteiger charge is -2.34. The van der Waals surface area contributed by atoms with Gasteiger partial charge in [0.1, 0.15) is 0 Å². The number of carbonyl (C=O) groups is 2. The molecule has 8 nitrogen and oxygen atoms in total. The lowest BCUT2D eigenvalue weighted by Crippen LogP contribution is -2.75. The van der Waals surface area contributed by atoms with Crippen molar-refractivity contribution in [1.82, 2.24) is 15.6 Å². The van der Waals surface area contributed by atoms with Gasteiger partial charge in [0.25, 0.3) is 15.9 Å². The van der Waals surface area contributed by atoms with Crippen molar-refractivity contribution in [3.05, 3.63) is 65.7 Å². The second-order valence-corrected chi connectivity index (χ2v) is 8.01. The number of rotatable bonds is 8. The fourth-order valence-electron chi connectivity index (χ4n) is 2.38. The average molecular weight is 459 g/mol. The number of carbonyl (C=O) groups excluding carboxylic acids is 2. The van der Waals surface area contributed by atoms with Crippen LogP contribution in [0.1, 0.15) is 22.8 Å². The topological polar surface area (TPSA) is 114 Å². The molecular formula is C19H20F3N3O5S. The molecule has 3 N–H and O–H groups in total. The molecule has 168 valence electrons. The first-order valence-corrected chi connectivity index (χ1v) is 10.4. The maximum absolute atomic E-state index is 14.0. The largest absolute Gasteiger partial charge is 0.463 e. The molecule has 0 spiro atoms. The first-order valence-electron chi connectivity index (χ1n) is 8.90. The number of alkyl halides is 3. The van der Waals surface area contributed by atoms with Crippen molar-refractivity contribution >= 4 is 21.9 Å². The third kappa shape index (κ3) is 5.60. The summed E-state index contributed by atoms with van der Waals surface area (Å²) in [5.74, 6) is -3.23. The van der Waals surface area contributed by atoms with Gasteiger partial charge in [-0.3, -0.25) is 4.79 Å². The van der Waals surface area contributed by atoms with Gasteiger partial charge in [-0.05, 0) is 38.1 Å². The monoisotopic (exact) mass is 459 g/mol. The van der Waals surface area contributed by atoms with Gasteiger partial charge in [0.05, 0.1) is 11.5 Å². The summed E-state index contributed by atoms with van der Waals surface area (Å²) >= 11 is 0. The predicted octanol–water partition coefficient (Wildman–Crippen LogP) is 2.03. The van der Waals surface area contributed by atoms with Crippen molar-refractivity contribution in [2.45, 2.75) is 30.6 Å². The van der Waals surface area contributed by atoms with E-state index in [1.54, 1.807) is 6.92 Å². The van der Waals surface area contributed by atoms with Gasteiger partial charge in [0.2, 0.25) is 0 Å². The number of sulfonamides is 1. The van der Waals surface area contributed by atoms with E-state index in [1.165, 1.54) is 77.1 Å². The van der Waals surface area contributed by atoms with Gasteiger partial charge in [-0.1, -0.05) is 35.9 Å². The smallest absolute Gasteiger partial charge is 0.437 e. The van der Waals surface area contributed by atoms with Crippen LogP contribution in [0, 0.1) is 6.92 Å². The summed E-state index contributed by atoms with van der Waals surface area (Å²) in [5, 5.41) is 1.53. The summed E-state index contributed by atoms with van der Waals surface area (Å²) in [6.07, 6.45) is -5.49.